The highest BCUT2D eigenvalue weighted by Crippen LogP contribution is 2.34. The van der Waals surface area contributed by atoms with Gasteiger partial charge in [-0.1, -0.05) is 35.9 Å². The molecule has 10 heteroatoms. The molecule has 3 rings (SSSR count). The van der Waals surface area contributed by atoms with Crippen molar-refractivity contribution in [2.75, 3.05) is 12.4 Å². The zero-order valence-corrected chi connectivity index (χ0v) is 17.9. The van der Waals surface area contributed by atoms with Crippen LogP contribution in [-0.4, -0.2) is 31.6 Å². The number of aromatic amines is 1. The summed E-state index contributed by atoms with van der Waals surface area (Å²) in [5.74, 6) is -0.340. The number of methoxy groups -OCH3 is 1. The maximum atomic E-state index is 12.4. The number of benzene rings is 2. The van der Waals surface area contributed by atoms with Crippen LogP contribution in [0.3, 0.4) is 0 Å². The molecule has 3 aromatic rings. The van der Waals surface area contributed by atoms with Gasteiger partial charge < -0.3 is 10.1 Å². The van der Waals surface area contributed by atoms with Gasteiger partial charge in [-0.05, 0) is 30.7 Å². The SMILES string of the molecule is COC(C)c1n[nH]cc1-c1ccc(NC(=O)Cc2ccccc2Cl)cc1S(N)(=O)=O. The van der Waals surface area contributed by atoms with Gasteiger partial charge in [-0.15, -0.1) is 0 Å². The number of aromatic nitrogens is 2. The van der Waals surface area contributed by atoms with Gasteiger partial charge in [0.25, 0.3) is 0 Å². The molecule has 0 saturated carbocycles. The van der Waals surface area contributed by atoms with E-state index in [1.54, 1.807) is 49.5 Å². The topological polar surface area (TPSA) is 127 Å². The summed E-state index contributed by atoms with van der Waals surface area (Å²) in [6.45, 7) is 1.79. The Balaban J connectivity index is 1.93. The van der Waals surface area contributed by atoms with Crippen molar-refractivity contribution in [3.8, 4) is 11.1 Å². The van der Waals surface area contributed by atoms with Gasteiger partial charge in [0.1, 0.15) is 0 Å². The number of H-pyrrole nitrogens is 1. The number of rotatable bonds is 7. The second-order valence-corrected chi connectivity index (χ2v) is 8.57. The first-order valence-electron chi connectivity index (χ1n) is 8.97. The Hall–Kier alpha value is -2.72. The van der Waals surface area contributed by atoms with Crippen molar-refractivity contribution in [3.05, 3.63) is 64.9 Å². The third-order valence-corrected chi connectivity index (χ3v) is 5.90. The smallest absolute Gasteiger partial charge is 0.238 e. The summed E-state index contributed by atoms with van der Waals surface area (Å²) in [4.78, 5) is 12.3. The number of nitrogens with one attached hydrogen (secondary N) is 2. The Morgan fingerprint density at radius 1 is 1.27 bits per heavy atom. The number of amides is 1. The van der Waals surface area contributed by atoms with Crippen LogP contribution >= 0.6 is 11.6 Å². The van der Waals surface area contributed by atoms with Crippen LogP contribution in [-0.2, 0) is 26.0 Å². The molecule has 2 aromatic carbocycles. The number of nitrogens with zero attached hydrogens (tertiary/aromatic N) is 1. The van der Waals surface area contributed by atoms with Gasteiger partial charge in [0.15, 0.2) is 0 Å². The number of halogens is 1. The number of carbonyl (C=O) groups is 1. The predicted molar refractivity (Wildman–Crippen MR) is 115 cm³/mol. The second kappa shape index (κ2) is 8.97. The molecule has 0 saturated heterocycles. The fourth-order valence-electron chi connectivity index (χ4n) is 3.02. The molecule has 1 amide bonds. The number of nitrogens with two attached hydrogens (primary N) is 1. The fraction of sp³-hybridized carbons (Fsp3) is 0.200. The summed E-state index contributed by atoms with van der Waals surface area (Å²) in [6.07, 6.45) is 1.25. The van der Waals surface area contributed by atoms with Crippen molar-refractivity contribution < 1.29 is 17.9 Å². The normalized spacial score (nSPS) is 12.5. The molecular weight excluding hydrogens is 428 g/mol. The number of anilines is 1. The summed E-state index contributed by atoms with van der Waals surface area (Å²) in [7, 11) is -2.56. The van der Waals surface area contributed by atoms with Crippen molar-refractivity contribution in [2.24, 2.45) is 5.14 Å². The third kappa shape index (κ3) is 4.88. The van der Waals surface area contributed by atoms with Crippen molar-refractivity contribution in [1.82, 2.24) is 10.2 Å². The lowest BCUT2D eigenvalue weighted by molar-refractivity contribution is -0.115. The summed E-state index contributed by atoms with van der Waals surface area (Å²) < 4.78 is 29.8. The molecule has 4 N–H and O–H groups in total. The molecule has 1 heterocycles. The van der Waals surface area contributed by atoms with Crippen LogP contribution in [0.5, 0.6) is 0 Å². The predicted octanol–water partition coefficient (Wildman–Crippen LogP) is 3.27. The van der Waals surface area contributed by atoms with Crippen LogP contribution in [0.1, 0.15) is 24.3 Å². The van der Waals surface area contributed by atoms with Crippen LogP contribution in [0, 0.1) is 0 Å². The maximum Gasteiger partial charge on any atom is 0.238 e. The van der Waals surface area contributed by atoms with E-state index in [0.29, 0.717) is 33.1 Å². The summed E-state index contributed by atoms with van der Waals surface area (Å²) in [5, 5.41) is 15.5. The quantitative estimate of drug-likeness (QED) is 0.511. The molecule has 0 bridgehead atoms. The average Bonchev–Trinajstić information content (AvgIpc) is 3.18. The number of ether oxygens (including phenoxy) is 1. The first kappa shape index (κ1) is 22.0. The number of primary sulfonamides is 1. The number of carbonyl (C=O) groups excluding carboxylic acids is 1. The van der Waals surface area contributed by atoms with E-state index in [0.717, 1.165) is 0 Å². The molecule has 30 heavy (non-hydrogen) atoms. The van der Waals surface area contributed by atoms with Gasteiger partial charge >= 0.3 is 0 Å². The minimum atomic E-state index is -4.09. The molecule has 0 aliphatic rings. The minimum absolute atomic E-state index is 0.0450. The van der Waals surface area contributed by atoms with E-state index >= 15 is 0 Å². The molecule has 0 radical (unpaired) electrons. The average molecular weight is 449 g/mol. The largest absolute Gasteiger partial charge is 0.375 e. The van der Waals surface area contributed by atoms with Crippen molar-refractivity contribution in [2.45, 2.75) is 24.3 Å². The number of hydrogen-bond acceptors (Lipinski definition) is 5. The van der Waals surface area contributed by atoms with Gasteiger partial charge in [-0.3, -0.25) is 9.89 Å². The molecule has 1 atom stereocenters. The van der Waals surface area contributed by atoms with Crippen molar-refractivity contribution in [1.29, 1.82) is 0 Å². The highest BCUT2D eigenvalue weighted by molar-refractivity contribution is 7.89. The van der Waals surface area contributed by atoms with Crippen molar-refractivity contribution in [3.63, 3.8) is 0 Å². The van der Waals surface area contributed by atoms with Gasteiger partial charge in [-0.25, -0.2) is 13.6 Å². The van der Waals surface area contributed by atoms with Crippen LogP contribution in [0.25, 0.3) is 11.1 Å². The Morgan fingerprint density at radius 3 is 2.67 bits per heavy atom. The first-order chi connectivity index (χ1) is 14.2. The Bertz CT molecular complexity index is 1180. The van der Waals surface area contributed by atoms with Gasteiger partial charge in [-0.2, -0.15) is 5.10 Å². The van der Waals surface area contributed by atoms with E-state index in [1.165, 1.54) is 13.2 Å². The van der Waals surface area contributed by atoms with Crippen molar-refractivity contribution >= 4 is 33.2 Å². The highest BCUT2D eigenvalue weighted by atomic mass is 35.5. The molecule has 8 nitrogen and oxygen atoms in total. The lowest BCUT2D eigenvalue weighted by Crippen LogP contribution is -2.17. The minimum Gasteiger partial charge on any atom is -0.375 e. The second-order valence-electron chi connectivity index (χ2n) is 6.63. The molecule has 0 aliphatic carbocycles. The van der Waals surface area contributed by atoms with E-state index in [1.807, 2.05) is 0 Å². The summed E-state index contributed by atoms with van der Waals surface area (Å²) >= 11 is 6.09. The molecule has 0 aliphatic heterocycles. The van der Waals surface area contributed by atoms with E-state index in [9.17, 15) is 13.2 Å². The molecule has 1 aromatic heterocycles. The Morgan fingerprint density at radius 2 is 2.00 bits per heavy atom. The standard InChI is InChI=1S/C20H21ClN4O4S/c1-12(29-2)20-16(11-23-25-20)15-8-7-14(10-18(15)30(22,27)28)24-19(26)9-13-5-3-4-6-17(13)21/h3-8,10-12H,9H2,1-2H3,(H,23,25)(H,24,26)(H2,22,27,28). The molecule has 0 fully saturated rings. The van der Waals surface area contributed by atoms with Crippen LogP contribution < -0.4 is 10.5 Å². The highest BCUT2D eigenvalue weighted by Gasteiger charge is 2.22. The Labute approximate surface area is 179 Å². The first-order valence-corrected chi connectivity index (χ1v) is 10.9. The van der Waals surface area contributed by atoms with Gasteiger partial charge in [0.2, 0.25) is 15.9 Å². The number of sulfonamides is 1. The molecule has 158 valence electrons. The summed E-state index contributed by atoms with van der Waals surface area (Å²) in [5.41, 5.74) is 2.40. The van der Waals surface area contributed by atoms with E-state index in [-0.39, 0.29) is 23.3 Å². The maximum absolute atomic E-state index is 12.4. The van der Waals surface area contributed by atoms with Gasteiger partial charge in [0, 0.05) is 35.1 Å². The number of hydrogen-bond donors (Lipinski definition) is 3. The molecular formula is C20H21ClN4O4S. The van der Waals surface area contributed by atoms with Crippen LogP contribution in [0.4, 0.5) is 5.69 Å². The Kier molecular flexibility index (Phi) is 6.57. The van der Waals surface area contributed by atoms with Gasteiger partial charge in [0.05, 0.1) is 23.1 Å². The third-order valence-electron chi connectivity index (χ3n) is 4.58. The fourth-order valence-corrected chi connectivity index (χ4v) is 3.99. The molecule has 1 unspecified atom stereocenters. The van der Waals surface area contributed by atoms with Crippen LogP contribution in [0.15, 0.2) is 53.6 Å². The van der Waals surface area contributed by atoms with E-state index in [2.05, 4.69) is 15.5 Å². The summed E-state index contributed by atoms with van der Waals surface area (Å²) in [6, 6.07) is 11.5. The van der Waals surface area contributed by atoms with E-state index in [4.69, 9.17) is 21.5 Å². The monoisotopic (exact) mass is 448 g/mol. The zero-order valence-electron chi connectivity index (χ0n) is 16.3. The van der Waals surface area contributed by atoms with E-state index < -0.39 is 10.0 Å². The zero-order chi connectivity index (χ0) is 21.9. The molecule has 0 spiro atoms. The lowest BCUT2D eigenvalue weighted by atomic mass is 10.0. The van der Waals surface area contributed by atoms with Crippen LogP contribution in [0.2, 0.25) is 5.02 Å². The lowest BCUT2D eigenvalue weighted by Gasteiger charge is -2.14.